The molecule has 1 aromatic heterocycles. The number of aryl methyl sites for hydroxylation is 1. The molecule has 0 amide bonds. The highest BCUT2D eigenvalue weighted by atomic mass is 15.2. The number of nitrogens with zero attached hydrogens (tertiary/aromatic N) is 2. The van der Waals surface area contributed by atoms with Crippen molar-refractivity contribution >= 4 is 5.82 Å². The number of nitrogens with two attached hydrogens (primary N) is 1. The lowest BCUT2D eigenvalue weighted by Crippen LogP contribution is -2.09. The summed E-state index contributed by atoms with van der Waals surface area (Å²) < 4.78 is 0. The Morgan fingerprint density at radius 3 is 2.72 bits per heavy atom. The van der Waals surface area contributed by atoms with Gasteiger partial charge >= 0.3 is 0 Å². The Kier molecular flexibility index (Phi) is 4.25. The van der Waals surface area contributed by atoms with Gasteiger partial charge in [0.25, 0.3) is 0 Å². The summed E-state index contributed by atoms with van der Waals surface area (Å²) >= 11 is 0. The Bertz CT molecular complexity index is 493. The molecule has 0 saturated heterocycles. The molecule has 18 heavy (non-hydrogen) atoms. The van der Waals surface area contributed by atoms with Crippen molar-refractivity contribution in [2.75, 3.05) is 18.4 Å². The summed E-state index contributed by atoms with van der Waals surface area (Å²) in [6.45, 7) is 3.58. The largest absolute Gasteiger partial charge is 0.369 e. The molecule has 3 N–H and O–H groups in total. The smallest absolute Gasteiger partial charge is 0.148 e. The lowest BCUT2D eigenvalue weighted by Gasteiger charge is -2.05. The Hall–Kier alpha value is -1.94. The summed E-state index contributed by atoms with van der Waals surface area (Å²) in [5.74, 6) is 0.792. The van der Waals surface area contributed by atoms with Crippen LogP contribution in [0.3, 0.4) is 0 Å². The van der Waals surface area contributed by atoms with Crippen LogP contribution in [0.4, 0.5) is 5.82 Å². The van der Waals surface area contributed by atoms with Gasteiger partial charge in [0, 0.05) is 12.1 Å². The van der Waals surface area contributed by atoms with E-state index in [9.17, 15) is 0 Å². The van der Waals surface area contributed by atoms with Crippen LogP contribution in [0.15, 0.2) is 36.4 Å². The molecule has 0 radical (unpaired) electrons. The molecule has 1 aromatic carbocycles. The fourth-order valence-electron chi connectivity index (χ4n) is 1.70. The summed E-state index contributed by atoms with van der Waals surface area (Å²) in [6.07, 6.45) is 0.932. The van der Waals surface area contributed by atoms with Crippen molar-refractivity contribution in [1.82, 2.24) is 10.2 Å². The van der Waals surface area contributed by atoms with E-state index in [1.165, 1.54) is 5.56 Å². The molecule has 2 aromatic rings. The first-order chi connectivity index (χ1) is 8.79. The summed E-state index contributed by atoms with van der Waals surface area (Å²) in [5.41, 5.74) is 8.64. The van der Waals surface area contributed by atoms with Gasteiger partial charge < -0.3 is 11.1 Å². The predicted octanol–water partition coefficient (Wildman–Crippen LogP) is 2.21. The highest BCUT2D eigenvalue weighted by Gasteiger charge is 2.00. The third kappa shape index (κ3) is 3.28. The number of benzene rings is 1. The lowest BCUT2D eigenvalue weighted by atomic mass is 10.1. The molecule has 0 aliphatic rings. The second-order valence-corrected chi connectivity index (χ2v) is 4.24. The minimum atomic E-state index is 0.682. The molecule has 0 spiro atoms. The number of nitrogens with one attached hydrogen (secondary N) is 1. The molecule has 0 atom stereocenters. The van der Waals surface area contributed by atoms with Crippen LogP contribution in [0, 0.1) is 6.92 Å². The van der Waals surface area contributed by atoms with Crippen LogP contribution < -0.4 is 11.1 Å². The van der Waals surface area contributed by atoms with E-state index in [0.717, 1.165) is 30.0 Å². The first-order valence-corrected chi connectivity index (χ1v) is 6.14. The fourth-order valence-corrected chi connectivity index (χ4v) is 1.70. The van der Waals surface area contributed by atoms with Crippen molar-refractivity contribution in [3.8, 4) is 11.3 Å². The summed E-state index contributed by atoms with van der Waals surface area (Å²) in [6, 6.07) is 12.2. The predicted molar refractivity (Wildman–Crippen MR) is 74.4 cm³/mol. The molecule has 2 rings (SSSR count). The molecule has 0 bridgehead atoms. The highest BCUT2D eigenvalue weighted by Crippen LogP contribution is 2.18. The second kappa shape index (κ2) is 6.12. The van der Waals surface area contributed by atoms with Crippen molar-refractivity contribution < 1.29 is 0 Å². The normalized spacial score (nSPS) is 10.3. The minimum absolute atomic E-state index is 0.682. The van der Waals surface area contributed by atoms with Crippen molar-refractivity contribution in [3.63, 3.8) is 0 Å². The van der Waals surface area contributed by atoms with E-state index in [1.54, 1.807) is 0 Å². The van der Waals surface area contributed by atoms with Gasteiger partial charge in [-0.2, -0.15) is 0 Å². The molecule has 4 nitrogen and oxygen atoms in total. The Balaban J connectivity index is 2.07. The number of rotatable bonds is 5. The third-order valence-electron chi connectivity index (χ3n) is 2.67. The number of hydrogen-bond acceptors (Lipinski definition) is 4. The molecule has 0 aliphatic heterocycles. The summed E-state index contributed by atoms with van der Waals surface area (Å²) in [7, 11) is 0. The second-order valence-electron chi connectivity index (χ2n) is 4.24. The molecule has 0 fully saturated rings. The summed E-state index contributed by atoms with van der Waals surface area (Å²) in [4.78, 5) is 0. The van der Waals surface area contributed by atoms with Crippen LogP contribution in [-0.4, -0.2) is 23.3 Å². The molecular formula is C14H18N4. The third-order valence-corrected chi connectivity index (χ3v) is 2.67. The average Bonchev–Trinajstić information content (AvgIpc) is 2.40. The molecule has 94 valence electrons. The maximum atomic E-state index is 5.43. The SMILES string of the molecule is Cc1cccc(-c2ccc(NCCCN)nn2)c1. The van der Waals surface area contributed by atoms with Crippen molar-refractivity contribution in [2.24, 2.45) is 5.73 Å². The van der Waals surface area contributed by atoms with E-state index in [4.69, 9.17) is 5.73 Å². The first-order valence-electron chi connectivity index (χ1n) is 6.14. The zero-order valence-corrected chi connectivity index (χ0v) is 10.6. The summed E-state index contributed by atoms with van der Waals surface area (Å²) in [5, 5.41) is 11.6. The Morgan fingerprint density at radius 1 is 1.17 bits per heavy atom. The van der Waals surface area contributed by atoms with Gasteiger partial charge in [0.2, 0.25) is 0 Å². The van der Waals surface area contributed by atoms with Gasteiger partial charge in [0.15, 0.2) is 0 Å². The van der Waals surface area contributed by atoms with Crippen molar-refractivity contribution in [2.45, 2.75) is 13.3 Å². The van der Waals surface area contributed by atoms with Gasteiger partial charge in [-0.15, -0.1) is 10.2 Å². The first kappa shape index (κ1) is 12.5. The number of aromatic nitrogens is 2. The van der Waals surface area contributed by atoms with E-state index >= 15 is 0 Å². The van der Waals surface area contributed by atoms with Crippen LogP contribution in [0.5, 0.6) is 0 Å². The van der Waals surface area contributed by atoms with Crippen LogP contribution in [0.25, 0.3) is 11.3 Å². The quantitative estimate of drug-likeness (QED) is 0.789. The van der Waals surface area contributed by atoms with Gasteiger partial charge in [0.05, 0.1) is 5.69 Å². The standard InChI is InChI=1S/C14H18N4/c1-11-4-2-5-12(10-11)13-6-7-14(18-17-13)16-9-3-8-15/h2,4-7,10H,3,8-9,15H2,1H3,(H,16,18). The van der Waals surface area contributed by atoms with Gasteiger partial charge in [-0.3, -0.25) is 0 Å². The number of anilines is 1. The van der Waals surface area contributed by atoms with Gasteiger partial charge in [-0.1, -0.05) is 23.8 Å². The van der Waals surface area contributed by atoms with E-state index in [1.807, 2.05) is 24.3 Å². The average molecular weight is 242 g/mol. The van der Waals surface area contributed by atoms with Crippen molar-refractivity contribution in [1.29, 1.82) is 0 Å². The maximum Gasteiger partial charge on any atom is 0.148 e. The van der Waals surface area contributed by atoms with Gasteiger partial charge in [0.1, 0.15) is 5.82 Å². The van der Waals surface area contributed by atoms with E-state index in [2.05, 4.69) is 34.6 Å². The fraction of sp³-hybridized carbons (Fsp3) is 0.286. The molecule has 4 heteroatoms. The van der Waals surface area contributed by atoms with E-state index < -0.39 is 0 Å². The topological polar surface area (TPSA) is 63.8 Å². The van der Waals surface area contributed by atoms with Crippen LogP contribution in [0.1, 0.15) is 12.0 Å². The van der Waals surface area contributed by atoms with Crippen LogP contribution in [-0.2, 0) is 0 Å². The monoisotopic (exact) mass is 242 g/mol. The molecule has 0 aliphatic carbocycles. The molecule has 0 saturated carbocycles. The molecule has 1 heterocycles. The van der Waals surface area contributed by atoms with Crippen LogP contribution >= 0.6 is 0 Å². The van der Waals surface area contributed by atoms with Crippen molar-refractivity contribution in [3.05, 3.63) is 42.0 Å². The Labute approximate surface area is 107 Å². The van der Waals surface area contributed by atoms with Gasteiger partial charge in [-0.25, -0.2) is 0 Å². The van der Waals surface area contributed by atoms with E-state index in [-0.39, 0.29) is 0 Å². The molecule has 0 unspecified atom stereocenters. The maximum absolute atomic E-state index is 5.43. The zero-order valence-electron chi connectivity index (χ0n) is 10.6. The zero-order chi connectivity index (χ0) is 12.8. The number of hydrogen-bond donors (Lipinski definition) is 2. The van der Waals surface area contributed by atoms with Crippen LogP contribution in [0.2, 0.25) is 0 Å². The Morgan fingerprint density at radius 2 is 2.06 bits per heavy atom. The minimum Gasteiger partial charge on any atom is -0.369 e. The molecular weight excluding hydrogens is 224 g/mol. The lowest BCUT2D eigenvalue weighted by molar-refractivity contribution is 0.864. The highest BCUT2D eigenvalue weighted by molar-refractivity contribution is 5.60. The van der Waals surface area contributed by atoms with Gasteiger partial charge in [-0.05, 0) is 38.1 Å². The van der Waals surface area contributed by atoms with E-state index in [0.29, 0.717) is 6.54 Å².